The number of aliphatic imine (C=N–C) groups is 1. The second-order valence-corrected chi connectivity index (χ2v) is 8.33. The van der Waals surface area contributed by atoms with Gasteiger partial charge in [0.15, 0.2) is 5.96 Å². The molecule has 0 aromatic heterocycles. The van der Waals surface area contributed by atoms with Gasteiger partial charge in [0.2, 0.25) is 5.91 Å². The van der Waals surface area contributed by atoms with Crippen molar-refractivity contribution in [1.82, 2.24) is 25.8 Å². The number of hydrogen-bond acceptors (Lipinski definition) is 5. The molecule has 0 spiro atoms. The van der Waals surface area contributed by atoms with E-state index in [1.165, 1.54) is 0 Å². The molecule has 0 aromatic carbocycles. The summed E-state index contributed by atoms with van der Waals surface area (Å²) in [6, 6.07) is 0.319. The minimum atomic E-state index is -0.499. The van der Waals surface area contributed by atoms with Crippen molar-refractivity contribution in [2.45, 2.75) is 58.6 Å². The van der Waals surface area contributed by atoms with E-state index in [4.69, 9.17) is 4.74 Å². The molecule has 0 aliphatic carbocycles. The molecule has 0 unspecified atom stereocenters. The molecular weight excluding hydrogens is 372 g/mol. The first-order chi connectivity index (χ1) is 13.7. The Morgan fingerprint density at radius 1 is 1.21 bits per heavy atom. The Bertz CT molecular complexity index is 539. The van der Waals surface area contributed by atoms with E-state index in [2.05, 4.69) is 25.8 Å². The van der Waals surface area contributed by atoms with Crippen LogP contribution in [-0.2, 0) is 9.53 Å². The summed E-state index contributed by atoms with van der Waals surface area (Å²) in [6.45, 7) is 11.7. The Morgan fingerprint density at radius 2 is 1.86 bits per heavy atom. The van der Waals surface area contributed by atoms with Gasteiger partial charge in [0, 0.05) is 52.9 Å². The maximum Gasteiger partial charge on any atom is 0.410 e. The lowest BCUT2D eigenvalue weighted by atomic mass is 10.1. The van der Waals surface area contributed by atoms with Crippen LogP contribution in [-0.4, -0.2) is 92.8 Å². The number of carbonyl (C=O) groups is 2. The van der Waals surface area contributed by atoms with Crippen molar-refractivity contribution in [2.75, 3.05) is 53.4 Å². The molecule has 1 saturated heterocycles. The fourth-order valence-electron chi connectivity index (χ4n) is 3.11. The molecule has 0 bridgehead atoms. The number of carbonyl (C=O) groups excluding carboxylic acids is 2. The highest BCUT2D eigenvalue weighted by Gasteiger charge is 2.23. The van der Waals surface area contributed by atoms with E-state index in [9.17, 15) is 9.59 Å². The number of rotatable bonds is 8. The number of likely N-dealkylation sites (tertiary alicyclic amines) is 1. The van der Waals surface area contributed by atoms with E-state index in [-0.39, 0.29) is 12.0 Å². The summed E-state index contributed by atoms with van der Waals surface area (Å²) in [4.78, 5) is 32.0. The summed E-state index contributed by atoms with van der Waals surface area (Å²) in [5.74, 6) is 0.783. The zero-order valence-electron chi connectivity index (χ0n) is 19.0. The van der Waals surface area contributed by atoms with Crippen LogP contribution in [0.15, 0.2) is 4.99 Å². The van der Waals surface area contributed by atoms with Crippen LogP contribution in [0.25, 0.3) is 0 Å². The lowest BCUT2D eigenvalue weighted by molar-refractivity contribution is -0.122. The van der Waals surface area contributed by atoms with Gasteiger partial charge in [0.1, 0.15) is 5.60 Å². The third-order valence-corrected chi connectivity index (χ3v) is 4.62. The standard InChI is InChI=1S/C20H40N6O3/c1-7-11-26(19(28)29-20(2,3)4)14-10-23-18(22-6)24-16-8-12-25(13-9-16)15-17(27)21-5/h16H,7-15H2,1-6H3,(H,21,27)(H2,22,23,24). The van der Waals surface area contributed by atoms with Crippen molar-refractivity contribution in [3.05, 3.63) is 0 Å². The van der Waals surface area contributed by atoms with Gasteiger partial charge in [-0.1, -0.05) is 6.92 Å². The van der Waals surface area contributed by atoms with Crippen LogP contribution < -0.4 is 16.0 Å². The molecule has 0 atom stereocenters. The first kappa shape index (κ1) is 25.0. The SMILES string of the molecule is CCCN(CCNC(=NC)NC1CCN(CC(=O)NC)CC1)C(=O)OC(C)(C)C. The molecule has 29 heavy (non-hydrogen) atoms. The second-order valence-electron chi connectivity index (χ2n) is 8.33. The molecule has 0 saturated carbocycles. The molecule has 1 aliphatic heterocycles. The van der Waals surface area contributed by atoms with Gasteiger partial charge < -0.3 is 25.6 Å². The molecule has 3 N–H and O–H groups in total. The molecule has 9 nitrogen and oxygen atoms in total. The smallest absolute Gasteiger partial charge is 0.410 e. The Balaban J connectivity index is 2.40. The van der Waals surface area contributed by atoms with E-state index in [1.807, 2.05) is 27.7 Å². The molecule has 1 fully saturated rings. The largest absolute Gasteiger partial charge is 0.444 e. The third-order valence-electron chi connectivity index (χ3n) is 4.62. The Morgan fingerprint density at radius 3 is 2.38 bits per heavy atom. The number of hydrogen-bond donors (Lipinski definition) is 3. The van der Waals surface area contributed by atoms with Crippen molar-refractivity contribution in [3.63, 3.8) is 0 Å². The van der Waals surface area contributed by atoms with Gasteiger partial charge >= 0.3 is 6.09 Å². The van der Waals surface area contributed by atoms with Gasteiger partial charge in [-0.15, -0.1) is 0 Å². The van der Waals surface area contributed by atoms with E-state index in [0.717, 1.165) is 38.3 Å². The normalized spacial score (nSPS) is 16.3. The maximum atomic E-state index is 12.3. The minimum Gasteiger partial charge on any atom is -0.444 e. The molecule has 1 rings (SSSR count). The molecule has 0 aromatic rings. The average molecular weight is 413 g/mol. The Hall–Kier alpha value is -2.03. The van der Waals surface area contributed by atoms with Crippen molar-refractivity contribution in [1.29, 1.82) is 0 Å². The quantitative estimate of drug-likeness (QED) is 0.407. The highest BCUT2D eigenvalue weighted by molar-refractivity contribution is 5.80. The molecule has 1 aliphatic rings. The number of piperidine rings is 1. The van der Waals surface area contributed by atoms with Crippen LogP contribution in [0.3, 0.4) is 0 Å². The van der Waals surface area contributed by atoms with E-state index < -0.39 is 5.60 Å². The molecular formula is C20H40N6O3. The van der Waals surface area contributed by atoms with Crippen molar-refractivity contribution in [2.24, 2.45) is 4.99 Å². The number of guanidine groups is 1. The average Bonchev–Trinajstić information content (AvgIpc) is 2.66. The Kier molecular flexibility index (Phi) is 10.8. The zero-order valence-corrected chi connectivity index (χ0v) is 19.0. The minimum absolute atomic E-state index is 0.0514. The van der Waals surface area contributed by atoms with Gasteiger partial charge in [-0.3, -0.25) is 14.7 Å². The summed E-state index contributed by atoms with van der Waals surface area (Å²) in [7, 11) is 3.41. The number of amides is 2. The topological polar surface area (TPSA) is 98.3 Å². The lowest BCUT2D eigenvalue weighted by Crippen LogP contribution is -2.51. The fourth-order valence-corrected chi connectivity index (χ4v) is 3.11. The lowest BCUT2D eigenvalue weighted by Gasteiger charge is -2.32. The highest BCUT2D eigenvalue weighted by atomic mass is 16.6. The van der Waals surface area contributed by atoms with Crippen LogP contribution in [0.5, 0.6) is 0 Å². The van der Waals surface area contributed by atoms with Crippen molar-refractivity contribution in [3.8, 4) is 0 Å². The predicted molar refractivity (Wildman–Crippen MR) is 116 cm³/mol. The van der Waals surface area contributed by atoms with Crippen LogP contribution in [0, 0.1) is 0 Å². The van der Waals surface area contributed by atoms with Crippen LogP contribution in [0.2, 0.25) is 0 Å². The van der Waals surface area contributed by atoms with E-state index in [0.29, 0.717) is 32.2 Å². The second kappa shape index (κ2) is 12.5. The molecule has 0 radical (unpaired) electrons. The molecule has 168 valence electrons. The molecule has 9 heteroatoms. The molecule has 1 heterocycles. The maximum absolute atomic E-state index is 12.3. The number of ether oxygens (including phenoxy) is 1. The highest BCUT2D eigenvalue weighted by Crippen LogP contribution is 2.11. The van der Waals surface area contributed by atoms with E-state index >= 15 is 0 Å². The predicted octanol–water partition coefficient (Wildman–Crippen LogP) is 1.01. The fraction of sp³-hybridized carbons (Fsp3) is 0.850. The number of likely N-dealkylation sites (N-methyl/N-ethyl adjacent to an activating group) is 1. The van der Waals surface area contributed by atoms with Crippen LogP contribution in [0.1, 0.15) is 47.0 Å². The summed E-state index contributed by atoms with van der Waals surface area (Å²) in [5, 5.41) is 9.40. The summed E-state index contributed by atoms with van der Waals surface area (Å²) < 4.78 is 5.48. The van der Waals surface area contributed by atoms with Crippen molar-refractivity contribution >= 4 is 18.0 Å². The third kappa shape index (κ3) is 10.3. The Labute approximate surface area is 175 Å². The van der Waals surface area contributed by atoms with Crippen molar-refractivity contribution < 1.29 is 14.3 Å². The van der Waals surface area contributed by atoms with Crippen LogP contribution >= 0.6 is 0 Å². The summed E-state index contributed by atoms with van der Waals surface area (Å²) in [6.07, 6.45) is 2.50. The van der Waals surface area contributed by atoms with E-state index in [1.54, 1.807) is 19.0 Å². The summed E-state index contributed by atoms with van der Waals surface area (Å²) >= 11 is 0. The van der Waals surface area contributed by atoms with Gasteiger partial charge in [0.05, 0.1) is 6.54 Å². The monoisotopic (exact) mass is 412 g/mol. The van der Waals surface area contributed by atoms with Gasteiger partial charge in [-0.05, 0) is 40.0 Å². The molecule has 2 amide bonds. The van der Waals surface area contributed by atoms with Gasteiger partial charge in [0.25, 0.3) is 0 Å². The van der Waals surface area contributed by atoms with Gasteiger partial charge in [-0.2, -0.15) is 0 Å². The first-order valence-corrected chi connectivity index (χ1v) is 10.6. The summed E-state index contributed by atoms with van der Waals surface area (Å²) in [5.41, 5.74) is -0.499. The zero-order chi connectivity index (χ0) is 21.9. The number of nitrogens with one attached hydrogen (secondary N) is 3. The van der Waals surface area contributed by atoms with Gasteiger partial charge in [-0.25, -0.2) is 4.79 Å². The number of nitrogens with zero attached hydrogens (tertiary/aromatic N) is 3. The van der Waals surface area contributed by atoms with Crippen LogP contribution in [0.4, 0.5) is 4.79 Å². The first-order valence-electron chi connectivity index (χ1n) is 10.6.